The van der Waals surface area contributed by atoms with E-state index < -0.39 is 5.97 Å². The van der Waals surface area contributed by atoms with Gasteiger partial charge >= 0.3 is 5.97 Å². The lowest BCUT2D eigenvalue weighted by Crippen LogP contribution is -2.37. The topological polar surface area (TPSA) is 75.7 Å². The van der Waals surface area contributed by atoms with Gasteiger partial charge in [-0.2, -0.15) is 0 Å². The molecule has 0 atom stereocenters. The second kappa shape index (κ2) is 11.6. The molecule has 29 heavy (non-hydrogen) atoms. The highest BCUT2D eigenvalue weighted by Crippen LogP contribution is 2.19. The molecule has 0 saturated carbocycles. The summed E-state index contributed by atoms with van der Waals surface area (Å²) in [6.07, 6.45) is 1.69. The number of hydrogen-bond donors (Lipinski definition) is 1. The van der Waals surface area contributed by atoms with Gasteiger partial charge in [0, 0.05) is 18.7 Å². The number of nitrogens with one attached hydrogen (secondary N) is 1. The van der Waals surface area contributed by atoms with Crippen molar-refractivity contribution >= 4 is 17.8 Å². The minimum atomic E-state index is -0.638. The normalized spacial score (nSPS) is 10.3. The molecule has 0 radical (unpaired) electrons. The van der Waals surface area contributed by atoms with Crippen molar-refractivity contribution in [2.75, 3.05) is 26.2 Å². The molecule has 0 spiro atoms. The summed E-state index contributed by atoms with van der Waals surface area (Å²) in [4.78, 5) is 37.9. The molecular weight excluding hydrogens is 368 g/mol. The van der Waals surface area contributed by atoms with E-state index in [1.165, 1.54) is 0 Å². The van der Waals surface area contributed by atoms with Crippen LogP contribution in [0.3, 0.4) is 0 Å². The van der Waals surface area contributed by atoms with E-state index in [4.69, 9.17) is 4.74 Å². The molecule has 0 aliphatic heterocycles. The van der Waals surface area contributed by atoms with Gasteiger partial charge in [-0.15, -0.1) is 0 Å². The van der Waals surface area contributed by atoms with Gasteiger partial charge in [-0.3, -0.25) is 14.4 Å². The SMILES string of the molecule is CCCN(CCC)C(=O)COC(=O)CNC(=O)c1ccc(-c2ccccc2)cc1. The van der Waals surface area contributed by atoms with Crippen molar-refractivity contribution < 1.29 is 19.1 Å². The molecule has 2 amide bonds. The lowest BCUT2D eigenvalue weighted by atomic mass is 10.0. The van der Waals surface area contributed by atoms with E-state index in [-0.39, 0.29) is 25.0 Å². The van der Waals surface area contributed by atoms with E-state index in [9.17, 15) is 14.4 Å². The lowest BCUT2D eigenvalue weighted by molar-refractivity contribution is -0.151. The zero-order chi connectivity index (χ0) is 21.1. The number of ether oxygens (including phenoxy) is 1. The predicted octanol–water partition coefficient (Wildman–Crippen LogP) is 3.28. The first-order valence-electron chi connectivity index (χ1n) is 9.92. The first kappa shape index (κ1) is 22.1. The smallest absolute Gasteiger partial charge is 0.325 e. The summed E-state index contributed by atoms with van der Waals surface area (Å²) in [5.41, 5.74) is 2.52. The summed E-state index contributed by atoms with van der Waals surface area (Å²) in [6, 6.07) is 17.0. The molecule has 6 heteroatoms. The Hall–Kier alpha value is -3.15. The summed E-state index contributed by atoms with van der Waals surface area (Å²) in [6.45, 7) is 4.67. The fourth-order valence-electron chi connectivity index (χ4n) is 2.88. The van der Waals surface area contributed by atoms with Gasteiger partial charge in [0.2, 0.25) is 0 Å². The minimum absolute atomic E-state index is 0.218. The molecule has 2 aromatic rings. The largest absolute Gasteiger partial charge is 0.454 e. The molecule has 0 fully saturated rings. The van der Waals surface area contributed by atoms with Crippen molar-refractivity contribution in [1.82, 2.24) is 10.2 Å². The van der Waals surface area contributed by atoms with Crippen LogP contribution in [-0.2, 0) is 14.3 Å². The second-order valence-electron chi connectivity index (χ2n) is 6.67. The summed E-state index contributed by atoms with van der Waals surface area (Å²) in [5.74, 6) is -1.23. The zero-order valence-electron chi connectivity index (χ0n) is 17.0. The molecule has 0 aliphatic carbocycles. The van der Waals surface area contributed by atoms with Crippen LogP contribution in [0.2, 0.25) is 0 Å². The van der Waals surface area contributed by atoms with Gasteiger partial charge in [-0.25, -0.2) is 0 Å². The fourth-order valence-corrected chi connectivity index (χ4v) is 2.88. The molecule has 0 bridgehead atoms. The van der Waals surface area contributed by atoms with Crippen molar-refractivity contribution in [2.24, 2.45) is 0 Å². The Morgan fingerprint density at radius 1 is 0.862 bits per heavy atom. The van der Waals surface area contributed by atoms with Crippen molar-refractivity contribution in [3.8, 4) is 11.1 Å². The Morgan fingerprint density at radius 3 is 2.03 bits per heavy atom. The zero-order valence-corrected chi connectivity index (χ0v) is 17.0. The van der Waals surface area contributed by atoms with Crippen LogP contribution in [0, 0.1) is 0 Å². The number of nitrogens with zero attached hydrogens (tertiary/aromatic N) is 1. The number of esters is 1. The van der Waals surface area contributed by atoms with E-state index in [1.807, 2.05) is 56.3 Å². The van der Waals surface area contributed by atoms with Crippen LogP contribution in [0.1, 0.15) is 37.0 Å². The van der Waals surface area contributed by atoms with Crippen LogP contribution in [0.5, 0.6) is 0 Å². The Bertz CT molecular complexity index is 797. The quantitative estimate of drug-likeness (QED) is 0.626. The molecule has 0 saturated heterocycles. The minimum Gasteiger partial charge on any atom is -0.454 e. The van der Waals surface area contributed by atoms with E-state index in [0.29, 0.717) is 18.7 Å². The van der Waals surface area contributed by atoms with Crippen LogP contribution < -0.4 is 5.32 Å². The fraction of sp³-hybridized carbons (Fsp3) is 0.348. The van der Waals surface area contributed by atoms with E-state index in [0.717, 1.165) is 24.0 Å². The van der Waals surface area contributed by atoms with Crippen LogP contribution in [0.4, 0.5) is 0 Å². The van der Waals surface area contributed by atoms with Crippen LogP contribution in [-0.4, -0.2) is 48.9 Å². The first-order chi connectivity index (χ1) is 14.0. The van der Waals surface area contributed by atoms with Gasteiger partial charge in [0.1, 0.15) is 6.54 Å². The number of amides is 2. The highest BCUT2D eigenvalue weighted by atomic mass is 16.5. The third kappa shape index (κ3) is 7.07. The van der Waals surface area contributed by atoms with Crippen LogP contribution in [0.15, 0.2) is 54.6 Å². The highest BCUT2D eigenvalue weighted by molar-refractivity contribution is 5.96. The lowest BCUT2D eigenvalue weighted by Gasteiger charge is -2.21. The Morgan fingerprint density at radius 2 is 1.45 bits per heavy atom. The summed E-state index contributed by atoms with van der Waals surface area (Å²) >= 11 is 0. The molecule has 0 heterocycles. The van der Waals surface area contributed by atoms with Gasteiger partial charge in [0.15, 0.2) is 6.61 Å². The average molecular weight is 396 g/mol. The molecule has 6 nitrogen and oxygen atoms in total. The van der Waals surface area contributed by atoms with E-state index in [1.54, 1.807) is 17.0 Å². The van der Waals surface area contributed by atoms with Crippen molar-refractivity contribution in [3.05, 3.63) is 60.2 Å². The second-order valence-corrected chi connectivity index (χ2v) is 6.67. The molecule has 2 rings (SSSR count). The number of carbonyl (C=O) groups excluding carboxylic acids is 3. The standard InChI is InChI=1S/C23H28N2O4/c1-3-14-25(15-4-2)21(26)17-29-22(27)16-24-23(28)20-12-10-19(11-13-20)18-8-6-5-7-9-18/h5-13H,3-4,14-17H2,1-2H3,(H,24,28). The third-order valence-corrected chi connectivity index (χ3v) is 4.34. The van der Waals surface area contributed by atoms with E-state index in [2.05, 4.69) is 5.32 Å². The summed E-state index contributed by atoms with van der Waals surface area (Å²) in [5, 5.41) is 2.52. The maximum Gasteiger partial charge on any atom is 0.325 e. The molecule has 0 aliphatic rings. The molecule has 2 aromatic carbocycles. The summed E-state index contributed by atoms with van der Waals surface area (Å²) in [7, 11) is 0. The molecule has 1 N–H and O–H groups in total. The number of carbonyl (C=O) groups is 3. The maximum atomic E-state index is 12.2. The third-order valence-electron chi connectivity index (χ3n) is 4.34. The van der Waals surface area contributed by atoms with E-state index >= 15 is 0 Å². The van der Waals surface area contributed by atoms with Gasteiger partial charge in [0.25, 0.3) is 11.8 Å². The van der Waals surface area contributed by atoms with Crippen molar-refractivity contribution in [2.45, 2.75) is 26.7 Å². The molecule has 0 aromatic heterocycles. The number of rotatable bonds is 10. The predicted molar refractivity (Wildman–Crippen MR) is 112 cm³/mol. The van der Waals surface area contributed by atoms with Crippen LogP contribution >= 0.6 is 0 Å². The van der Waals surface area contributed by atoms with Gasteiger partial charge < -0.3 is 15.0 Å². The van der Waals surface area contributed by atoms with Crippen molar-refractivity contribution in [3.63, 3.8) is 0 Å². The first-order valence-corrected chi connectivity index (χ1v) is 9.92. The van der Waals surface area contributed by atoms with Crippen molar-refractivity contribution in [1.29, 1.82) is 0 Å². The Labute approximate surface area is 171 Å². The number of benzene rings is 2. The maximum absolute atomic E-state index is 12.2. The monoisotopic (exact) mass is 396 g/mol. The average Bonchev–Trinajstić information content (AvgIpc) is 2.76. The molecule has 154 valence electrons. The number of hydrogen-bond acceptors (Lipinski definition) is 4. The summed E-state index contributed by atoms with van der Waals surface area (Å²) < 4.78 is 5.00. The van der Waals surface area contributed by atoms with Gasteiger partial charge in [-0.05, 0) is 36.1 Å². The van der Waals surface area contributed by atoms with Gasteiger partial charge in [-0.1, -0.05) is 56.3 Å². The molecule has 0 unspecified atom stereocenters. The Kier molecular flexibility index (Phi) is 8.89. The highest BCUT2D eigenvalue weighted by Gasteiger charge is 2.15. The van der Waals surface area contributed by atoms with Crippen LogP contribution in [0.25, 0.3) is 11.1 Å². The molecular formula is C23H28N2O4. The van der Waals surface area contributed by atoms with Gasteiger partial charge in [0.05, 0.1) is 0 Å². The Balaban J connectivity index is 1.79.